The Hall–Kier alpha value is -3.73. The molecular weight excluding hydrogens is 589 g/mol. The molecule has 1 N–H and O–H groups in total. The first kappa shape index (κ1) is 30.7. The lowest BCUT2D eigenvalue weighted by Gasteiger charge is -2.36. The molecule has 0 aliphatic carbocycles. The fourth-order valence-electron chi connectivity index (χ4n) is 5.45. The second-order valence-electron chi connectivity index (χ2n) is 10.5. The highest BCUT2D eigenvalue weighted by Gasteiger charge is 2.44. The lowest BCUT2D eigenvalue weighted by molar-refractivity contribution is -0.124. The average Bonchev–Trinajstić information content (AvgIpc) is 3.23. The van der Waals surface area contributed by atoms with Crippen molar-refractivity contribution >= 4 is 57.8 Å². The van der Waals surface area contributed by atoms with Crippen LogP contribution in [0.5, 0.6) is 5.75 Å². The number of carbonyl (C=O) groups is 2. The topological polar surface area (TPSA) is 68.4 Å². The third kappa shape index (κ3) is 7.62. The van der Waals surface area contributed by atoms with E-state index in [1.807, 2.05) is 24.0 Å². The largest absolute Gasteiger partial charge is 0.494 e. The Bertz CT molecular complexity index is 1420. The number of anilines is 3. The molecule has 2 fully saturated rings. The Balaban J connectivity index is 1.21. The summed E-state index contributed by atoms with van der Waals surface area (Å²) in [5.41, 5.74) is 2.27. The predicted octanol–water partition coefficient (Wildman–Crippen LogP) is 5.42. The van der Waals surface area contributed by atoms with Crippen molar-refractivity contribution in [3.63, 3.8) is 0 Å². The van der Waals surface area contributed by atoms with E-state index < -0.39 is 6.04 Å². The van der Waals surface area contributed by atoms with Crippen LogP contribution in [0.4, 0.5) is 21.5 Å². The highest BCUT2D eigenvalue weighted by Crippen LogP contribution is 2.29. The van der Waals surface area contributed by atoms with Gasteiger partial charge in [-0.05, 0) is 105 Å². The third-order valence-electron chi connectivity index (χ3n) is 7.67. The Morgan fingerprint density at radius 1 is 0.953 bits per heavy atom. The molecule has 3 aromatic rings. The van der Waals surface area contributed by atoms with E-state index in [2.05, 4.69) is 15.1 Å². The van der Waals surface area contributed by atoms with E-state index in [1.54, 1.807) is 48.5 Å². The van der Waals surface area contributed by atoms with Gasteiger partial charge in [0.15, 0.2) is 5.11 Å². The number of piperazine rings is 1. The molecule has 2 amide bonds. The standard InChI is InChI=1S/C32H35ClFN5O3S/c1-2-42-28-14-8-25(9-15-28)35-30(40)22-29-31(41)39(27-10-4-23(33)5-11-27)32(43)38(29)17-3-16-36-18-20-37(21-19-36)26-12-6-24(34)7-13-26/h4-15,29H,2-3,16-22H2,1H3,(H,35,40). The molecular formula is C32H35ClFN5O3S. The smallest absolute Gasteiger partial charge is 0.256 e. The normalized spacial score (nSPS) is 17.5. The van der Waals surface area contributed by atoms with Crippen LogP contribution in [-0.4, -0.2) is 78.6 Å². The van der Waals surface area contributed by atoms with Crippen molar-refractivity contribution in [2.45, 2.75) is 25.8 Å². The van der Waals surface area contributed by atoms with Crippen LogP contribution in [0.3, 0.4) is 0 Å². The second-order valence-corrected chi connectivity index (χ2v) is 11.3. The van der Waals surface area contributed by atoms with Crippen molar-refractivity contribution in [3.05, 3.63) is 83.6 Å². The maximum atomic E-state index is 13.7. The molecule has 0 saturated carbocycles. The Kier molecular flexibility index (Phi) is 10.1. The van der Waals surface area contributed by atoms with Crippen molar-refractivity contribution in [1.82, 2.24) is 9.80 Å². The summed E-state index contributed by atoms with van der Waals surface area (Å²) in [4.78, 5) is 34.8. The Morgan fingerprint density at radius 2 is 1.60 bits per heavy atom. The van der Waals surface area contributed by atoms with E-state index >= 15 is 0 Å². The van der Waals surface area contributed by atoms with Gasteiger partial charge < -0.3 is 19.9 Å². The number of hydrogen-bond donors (Lipinski definition) is 1. The van der Waals surface area contributed by atoms with Gasteiger partial charge in [0.25, 0.3) is 5.91 Å². The maximum Gasteiger partial charge on any atom is 0.256 e. The number of halogens is 2. The number of rotatable bonds is 11. The summed E-state index contributed by atoms with van der Waals surface area (Å²) >= 11 is 11.9. The van der Waals surface area contributed by atoms with Gasteiger partial charge in [-0.2, -0.15) is 0 Å². The molecule has 2 aliphatic heterocycles. The minimum atomic E-state index is -0.721. The van der Waals surface area contributed by atoms with Crippen molar-refractivity contribution in [2.24, 2.45) is 0 Å². The molecule has 11 heteroatoms. The second kappa shape index (κ2) is 14.2. The summed E-state index contributed by atoms with van der Waals surface area (Å²) < 4.78 is 18.8. The van der Waals surface area contributed by atoms with Crippen molar-refractivity contribution < 1.29 is 18.7 Å². The number of nitrogens with zero attached hydrogens (tertiary/aromatic N) is 4. The van der Waals surface area contributed by atoms with Gasteiger partial charge in [-0.15, -0.1) is 0 Å². The predicted molar refractivity (Wildman–Crippen MR) is 173 cm³/mol. The lowest BCUT2D eigenvalue weighted by Crippen LogP contribution is -2.47. The van der Waals surface area contributed by atoms with E-state index in [9.17, 15) is 14.0 Å². The van der Waals surface area contributed by atoms with Crippen LogP contribution in [0.1, 0.15) is 19.8 Å². The third-order valence-corrected chi connectivity index (χ3v) is 8.34. The summed E-state index contributed by atoms with van der Waals surface area (Å²) in [6.45, 7) is 7.30. The molecule has 1 atom stereocenters. The minimum Gasteiger partial charge on any atom is -0.494 e. The van der Waals surface area contributed by atoms with E-state index in [-0.39, 0.29) is 24.1 Å². The van der Waals surface area contributed by atoms with Crippen LogP contribution in [0.15, 0.2) is 72.8 Å². The summed E-state index contributed by atoms with van der Waals surface area (Å²) in [5, 5.41) is 3.84. The molecule has 2 heterocycles. The van der Waals surface area contributed by atoms with Crippen molar-refractivity contribution in [2.75, 3.05) is 61.0 Å². The van der Waals surface area contributed by atoms with Crippen LogP contribution < -0.4 is 19.9 Å². The number of benzene rings is 3. The van der Waals surface area contributed by atoms with Crippen LogP contribution >= 0.6 is 23.8 Å². The van der Waals surface area contributed by atoms with Gasteiger partial charge >= 0.3 is 0 Å². The first-order valence-electron chi connectivity index (χ1n) is 14.5. The molecule has 2 aliphatic rings. The van der Waals surface area contributed by atoms with E-state index in [0.717, 1.165) is 50.6 Å². The van der Waals surface area contributed by atoms with Gasteiger partial charge in [-0.25, -0.2) is 4.39 Å². The van der Waals surface area contributed by atoms with Gasteiger partial charge in [0, 0.05) is 49.1 Å². The summed E-state index contributed by atoms with van der Waals surface area (Å²) in [6, 6.07) is 20.0. The van der Waals surface area contributed by atoms with Gasteiger partial charge in [0.2, 0.25) is 5.91 Å². The number of thiocarbonyl (C=S) groups is 1. The van der Waals surface area contributed by atoms with E-state index in [1.165, 1.54) is 17.0 Å². The summed E-state index contributed by atoms with van der Waals surface area (Å²) in [7, 11) is 0. The quantitative estimate of drug-likeness (QED) is 0.286. The Labute approximate surface area is 261 Å². The number of hydrogen-bond acceptors (Lipinski definition) is 6. The molecule has 0 radical (unpaired) electrons. The van der Waals surface area contributed by atoms with E-state index in [0.29, 0.717) is 34.7 Å². The zero-order valence-corrected chi connectivity index (χ0v) is 25.6. The van der Waals surface area contributed by atoms with Crippen LogP contribution in [0.2, 0.25) is 5.02 Å². The van der Waals surface area contributed by atoms with Crippen molar-refractivity contribution in [1.29, 1.82) is 0 Å². The lowest BCUT2D eigenvalue weighted by atomic mass is 10.1. The zero-order valence-electron chi connectivity index (χ0n) is 24.0. The monoisotopic (exact) mass is 623 g/mol. The van der Waals surface area contributed by atoms with Gasteiger partial charge in [-0.1, -0.05) is 11.6 Å². The summed E-state index contributed by atoms with van der Waals surface area (Å²) in [5.74, 6) is -0.0204. The van der Waals surface area contributed by atoms with Gasteiger partial charge in [-0.3, -0.25) is 19.4 Å². The number of ether oxygens (including phenoxy) is 1. The number of nitrogens with one attached hydrogen (secondary N) is 1. The Morgan fingerprint density at radius 3 is 2.26 bits per heavy atom. The number of carbonyl (C=O) groups excluding carboxylic acids is 2. The molecule has 5 rings (SSSR count). The zero-order chi connectivity index (χ0) is 30.3. The van der Waals surface area contributed by atoms with Crippen LogP contribution in [-0.2, 0) is 9.59 Å². The van der Waals surface area contributed by atoms with Crippen LogP contribution in [0, 0.1) is 5.82 Å². The molecule has 43 heavy (non-hydrogen) atoms. The fourth-order valence-corrected chi connectivity index (χ4v) is 5.99. The molecule has 2 saturated heterocycles. The molecule has 0 aromatic heterocycles. The van der Waals surface area contributed by atoms with Crippen LogP contribution in [0.25, 0.3) is 0 Å². The fraction of sp³-hybridized carbons (Fsp3) is 0.344. The molecule has 0 bridgehead atoms. The average molecular weight is 624 g/mol. The van der Waals surface area contributed by atoms with Crippen molar-refractivity contribution in [3.8, 4) is 5.75 Å². The maximum absolute atomic E-state index is 13.7. The molecule has 1 unspecified atom stereocenters. The number of amides is 2. The SMILES string of the molecule is CCOc1ccc(NC(=O)CC2C(=O)N(c3ccc(Cl)cc3)C(=S)N2CCCN2CCN(c3ccc(F)cc3)CC2)cc1. The molecule has 3 aromatic carbocycles. The summed E-state index contributed by atoms with van der Waals surface area (Å²) in [6.07, 6.45) is 0.738. The molecule has 226 valence electrons. The van der Waals surface area contributed by atoms with Gasteiger partial charge in [0.05, 0.1) is 18.7 Å². The van der Waals surface area contributed by atoms with E-state index in [4.69, 9.17) is 28.6 Å². The highest BCUT2D eigenvalue weighted by atomic mass is 35.5. The molecule has 0 spiro atoms. The first-order chi connectivity index (χ1) is 20.8. The first-order valence-corrected chi connectivity index (χ1v) is 15.3. The minimum absolute atomic E-state index is 0.0351. The van der Waals surface area contributed by atoms with Gasteiger partial charge in [0.1, 0.15) is 17.6 Å². The molecule has 8 nitrogen and oxygen atoms in total. The highest BCUT2D eigenvalue weighted by molar-refractivity contribution is 7.80.